The Morgan fingerprint density at radius 2 is 1.68 bits per heavy atom. The molecule has 1 N–H and O–H groups in total. The van der Waals surface area contributed by atoms with E-state index in [2.05, 4.69) is 72.1 Å². The number of hydrogen-bond donors (Lipinski definition) is 1. The molecule has 0 amide bonds. The highest BCUT2D eigenvalue weighted by molar-refractivity contribution is 5.92. The molecule has 2 aliphatic rings. The number of fused-ring (bicyclic) bond motifs is 2. The summed E-state index contributed by atoms with van der Waals surface area (Å²) in [4.78, 5) is 4.84. The Balaban J connectivity index is 1.32. The summed E-state index contributed by atoms with van der Waals surface area (Å²) in [6.45, 7) is 0.544. The summed E-state index contributed by atoms with van der Waals surface area (Å²) in [7, 11) is 0. The summed E-state index contributed by atoms with van der Waals surface area (Å²) >= 11 is 0. The first-order valence-corrected chi connectivity index (χ1v) is 9.77. The molecule has 138 valence electrons. The molecule has 28 heavy (non-hydrogen) atoms. The van der Waals surface area contributed by atoms with Crippen LogP contribution in [0, 0.1) is 0 Å². The molecule has 0 aromatic heterocycles. The number of hydrogen-bond acceptors (Lipinski definition) is 2. The second-order valence-electron chi connectivity index (χ2n) is 7.26. The Hall–Kier alpha value is -3.33. The van der Waals surface area contributed by atoms with Crippen LogP contribution in [0.5, 0.6) is 0 Å². The number of nitrogens with zero attached hydrogens (tertiary/aromatic N) is 1. The number of aryl methyl sites for hydroxylation is 1. The summed E-state index contributed by atoms with van der Waals surface area (Å²) in [6, 6.07) is 26.1. The van der Waals surface area contributed by atoms with E-state index < -0.39 is 0 Å². The van der Waals surface area contributed by atoms with Crippen LogP contribution in [0.1, 0.15) is 40.3 Å². The van der Waals surface area contributed by atoms with E-state index in [0.717, 1.165) is 29.7 Å². The van der Waals surface area contributed by atoms with Gasteiger partial charge in [-0.05, 0) is 47.2 Å². The van der Waals surface area contributed by atoms with Gasteiger partial charge in [0.2, 0.25) is 0 Å². The van der Waals surface area contributed by atoms with Crippen LogP contribution in [-0.4, -0.2) is 6.02 Å². The molecule has 1 unspecified atom stereocenters. The Morgan fingerprint density at radius 3 is 2.61 bits per heavy atom. The summed E-state index contributed by atoms with van der Waals surface area (Å²) < 4.78 is 5.91. The zero-order valence-electron chi connectivity index (χ0n) is 15.6. The maximum absolute atomic E-state index is 5.91. The van der Waals surface area contributed by atoms with Gasteiger partial charge in [-0.1, -0.05) is 72.8 Å². The van der Waals surface area contributed by atoms with Gasteiger partial charge in [-0.25, -0.2) is 4.99 Å². The smallest absolute Gasteiger partial charge is 0.290 e. The molecular weight excluding hydrogens is 344 g/mol. The largest absolute Gasteiger partial charge is 0.460 e. The van der Waals surface area contributed by atoms with Crippen LogP contribution in [0.2, 0.25) is 0 Å². The van der Waals surface area contributed by atoms with E-state index in [9.17, 15) is 0 Å². The van der Waals surface area contributed by atoms with E-state index in [0.29, 0.717) is 12.6 Å². The molecule has 0 radical (unpaired) electrons. The van der Waals surface area contributed by atoms with Gasteiger partial charge in [0, 0.05) is 11.3 Å². The molecule has 1 aliphatic heterocycles. The maximum atomic E-state index is 5.91. The van der Waals surface area contributed by atoms with Crippen LogP contribution in [0.4, 0.5) is 5.69 Å². The molecule has 3 nitrogen and oxygen atoms in total. The lowest BCUT2D eigenvalue weighted by atomic mass is 10.1. The average molecular weight is 366 g/mol. The van der Waals surface area contributed by atoms with E-state index in [1.807, 2.05) is 18.2 Å². The van der Waals surface area contributed by atoms with Gasteiger partial charge in [-0.2, -0.15) is 0 Å². The molecule has 5 rings (SSSR count). The second kappa shape index (κ2) is 7.35. The second-order valence-corrected chi connectivity index (χ2v) is 7.26. The number of amidine groups is 1. The maximum Gasteiger partial charge on any atom is 0.290 e. The van der Waals surface area contributed by atoms with Gasteiger partial charge in [0.15, 0.2) is 0 Å². The van der Waals surface area contributed by atoms with Gasteiger partial charge in [-0.15, -0.1) is 0 Å². The minimum Gasteiger partial charge on any atom is -0.460 e. The number of rotatable bonds is 3. The molecule has 1 aliphatic carbocycles. The number of aliphatic imine (C=N–C) groups is 1. The van der Waals surface area contributed by atoms with Crippen LogP contribution in [0.15, 0.2) is 77.8 Å². The fraction of sp³-hybridized carbons (Fsp3) is 0.160. The highest BCUT2D eigenvalue weighted by Crippen LogP contribution is 2.34. The minimum atomic E-state index is 0.188. The fourth-order valence-electron chi connectivity index (χ4n) is 3.89. The number of nitrogens with one attached hydrogen (secondary N) is 1. The molecule has 0 bridgehead atoms. The van der Waals surface area contributed by atoms with Gasteiger partial charge in [0.25, 0.3) is 6.02 Å². The van der Waals surface area contributed by atoms with Gasteiger partial charge in [0.05, 0.1) is 6.04 Å². The predicted molar refractivity (Wildman–Crippen MR) is 115 cm³/mol. The van der Waals surface area contributed by atoms with Crippen molar-refractivity contribution in [2.45, 2.75) is 25.5 Å². The predicted octanol–water partition coefficient (Wildman–Crippen LogP) is 5.84. The van der Waals surface area contributed by atoms with Gasteiger partial charge < -0.3 is 10.1 Å². The lowest BCUT2D eigenvalue weighted by Gasteiger charge is -2.22. The third-order valence-corrected chi connectivity index (χ3v) is 5.38. The van der Waals surface area contributed by atoms with E-state index in [-0.39, 0.29) is 6.04 Å². The average Bonchev–Trinajstić information content (AvgIpc) is 3.16. The molecule has 1 heterocycles. The van der Waals surface area contributed by atoms with Crippen molar-refractivity contribution < 1.29 is 4.74 Å². The van der Waals surface area contributed by atoms with E-state index >= 15 is 0 Å². The van der Waals surface area contributed by atoms with Crippen molar-refractivity contribution in [2.75, 3.05) is 5.32 Å². The molecule has 3 aromatic rings. The first-order valence-electron chi connectivity index (χ1n) is 9.77. The lowest BCUT2D eigenvalue weighted by molar-refractivity contribution is 0.282. The van der Waals surface area contributed by atoms with Crippen molar-refractivity contribution in [1.82, 2.24) is 0 Å². The first kappa shape index (κ1) is 16.8. The Bertz CT molecular complexity index is 1050. The summed E-state index contributed by atoms with van der Waals surface area (Å²) in [5.41, 5.74) is 7.32. The molecule has 0 saturated carbocycles. The van der Waals surface area contributed by atoms with Gasteiger partial charge in [0.1, 0.15) is 6.61 Å². The molecule has 1 atom stereocenters. The summed E-state index contributed by atoms with van der Waals surface area (Å²) in [5.74, 6) is 0. The Labute approximate surface area is 165 Å². The lowest BCUT2D eigenvalue weighted by Crippen LogP contribution is -2.23. The Kier molecular flexibility index (Phi) is 4.42. The molecule has 3 heteroatoms. The quantitative estimate of drug-likeness (QED) is 0.591. The Morgan fingerprint density at radius 1 is 0.857 bits per heavy atom. The van der Waals surface area contributed by atoms with Gasteiger partial charge >= 0.3 is 0 Å². The van der Waals surface area contributed by atoms with Crippen LogP contribution in [-0.2, 0) is 17.8 Å². The molecule has 0 fully saturated rings. The number of anilines is 1. The SMILES string of the molecule is C(=Cc1ccc2c(c1)COC(=NC1CCc3ccccc31)N2)c1ccccc1. The summed E-state index contributed by atoms with van der Waals surface area (Å²) in [6.07, 6.45) is 6.40. The van der Waals surface area contributed by atoms with E-state index in [1.165, 1.54) is 16.7 Å². The van der Waals surface area contributed by atoms with Crippen LogP contribution in [0.3, 0.4) is 0 Å². The zero-order chi connectivity index (χ0) is 18.8. The van der Waals surface area contributed by atoms with Crippen LogP contribution >= 0.6 is 0 Å². The minimum absolute atomic E-state index is 0.188. The molecule has 0 spiro atoms. The third-order valence-electron chi connectivity index (χ3n) is 5.38. The standard InChI is InChI=1S/C25H22N2O/c1-2-6-18(7-3-1)10-11-19-12-14-23-21(16-19)17-28-25(26-23)27-24-15-13-20-8-4-5-9-22(20)24/h1-12,14,16,24H,13,15,17H2,(H,26,27). The van der Waals surface area contributed by atoms with Crippen LogP contribution in [0.25, 0.3) is 12.2 Å². The summed E-state index contributed by atoms with van der Waals surface area (Å²) in [5, 5.41) is 3.36. The highest BCUT2D eigenvalue weighted by Gasteiger charge is 2.23. The molecular formula is C25H22N2O. The zero-order valence-corrected chi connectivity index (χ0v) is 15.6. The monoisotopic (exact) mass is 366 g/mol. The van der Waals surface area contributed by atoms with Crippen molar-refractivity contribution in [3.63, 3.8) is 0 Å². The van der Waals surface area contributed by atoms with Gasteiger partial charge in [-0.3, -0.25) is 0 Å². The topological polar surface area (TPSA) is 33.6 Å². The third kappa shape index (κ3) is 3.44. The number of benzene rings is 3. The first-order chi connectivity index (χ1) is 13.8. The van der Waals surface area contributed by atoms with Crippen molar-refractivity contribution in [2.24, 2.45) is 4.99 Å². The van der Waals surface area contributed by atoms with Crippen molar-refractivity contribution in [3.8, 4) is 0 Å². The van der Waals surface area contributed by atoms with Crippen molar-refractivity contribution in [1.29, 1.82) is 0 Å². The van der Waals surface area contributed by atoms with Crippen molar-refractivity contribution in [3.05, 3.63) is 101 Å². The number of ether oxygens (including phenoxy) is 1. The highest BCUT2D eigenvalue weighted by atomic mass is 16.5. The molecule has 0 saturated heterocycles. The normalized spacial score (nSPS) is 19.1. The fourth-order valence-corrected chi connectivity index (χ4v) is 3.89. The van der Waals surface area contributed by atoms with Crippen molar-refractivity contribution >= 4 is 23.9 Å². The molecule has 3 aromatic carbocycles. The van der Waals surface area contributed by atoms with E-state index in [1.54, 1.807) is 0 Å². The van der Waals surface area contributed by atoms with Crippen LogP contribution < -0.4 is 5.32 Å². The van der Waals surface area contributed by atoms with E-state index in [4.69, 9.17) is 9.73 Å².